The van der Waals surface area contributed by atoms with Crippen molar-refractivity contribution >= 4 is 11.3 Å². The summed E-state index contributed by atoms with van der Waals surface area (Å²) in [6.07, 6.45) is 3.58. The Kier molecular flexibility index (Phi) is 4.33. The van der Waals surface area contributed by atoms with Gasteiger partial charge in [-0.25, -0.2) is 4.98 Å². The maximum absolute atomic E-state index is 5.39. The van der Waals surface area contributed by atoms with Crippen LogP contribution < -0.4 is 10.1 Å². The van der Waals surface area contributed by atoms with Crippen LogP contribution in [-0.4, -0.2) is 12.1 Å². The molecule has 3 aromatic rings. The molecule has 21 heavy (non-hydrogen) atoms. The van der Waals surface area contributed by atoms with Gasteiger partial charge in [0.25, 0.3) is 0 Å². The molecule has 0 atom stereocenters. The third-order valence-corrected chi connectivity index (χ3v) is 4.11. The van der Waals surface area contributed by atoms with Gasteiger partial charge in [-0.1, -0.05) is 12.1 Å². The van der Waals surface area contributed by atoms with Crippen molar-refractivity contribution in [2.24, 2.45) is 0 Å². The number of ether oxygens (including phenoxy) is 1. The van der Waals surface area contributed by atoms with Gasteiger partial charge in [-0.15, -0.1) is 11.3 Å². The molecule has 0 saturated heterocycles. The van der Waals surface area contributed by atoms with E-state index in [4.69, 9.17) is 9.15 Å². The Labute approximate surface area is 127 Å². The van der Waals surface area contributed by atoms with Gasteiger partial charge in [0, 0.05) is 18.3 Å². The molecule has 0 aliphatic heterocycles. The lowest BCUT2D eigenvalue weighted by Gasteiger charge is -2.04. The molecule has 0 unspecified atom stereocenters. The number of benzene rings is 1. The summed E-state index contributed by atoms with van der Waals surface area (Å²) in [4.78, 5) is 5.57. The minimum absolute atomic E-state index is 0.705. The predicted molar refractivity (Wildman–Crippen MR) is 83.4 cm³/mol. The number of aromatic nitrogens is 1. The Hall–Kier alpha value is -2.11. The Morgan fingerprint density at radius 3 is 2.90 bits per heavy atom. The van der Waals surface area contributed by atoms with Crippen LogP contribution in [0.4, 0.5) is 0 Å². The molecule has 0 aliphatic rings. The maximum atomic E-state index is 5.39. The highest BCUT2D eigenvalue weighted by Crippen LogP contribution is 2.33. The van der Waals surface area contributed by atoms with Gasteiger partial charge in [-0.2, -0.15) is 0 Å². The fraction of sp³-hybridized carbons (Fsp3) is 0.188. The van der Waals surface area contributed by atoms with Gasteiger partial charge in [0.05, 0.1) is 24.8 Å². The van der Waals surface area contributed by atoms with E-state index < -0.39 is 0 Å². The van der Waals surface area contributed by atoms with Gasteiger partial charge < -0.3 is 14.5 Å². The molecule has 0 saturated carbocycles. The molecular formula is C16H16N2O2S. The molecule has 0 aliphatic carbocycles. The lowest BCUT2D eigenvalue weighted by Crippen LogP contribution is -2.11. The summed E-state index contributed by atoms with van der Waals surface area (Å²) in [6, 6.07) is 11.8. The number of nitrogens with zero attached hydrogens (tertiary/aromatic N) is 1. The summed E-state index contributed by atoms with van der Waals surface area (Å²) in [5.41, 5.74) is 1.08. The Morgan fingerprint density at radius 1 is 1.19 bits per heavy atom. The van der Waals surface area contributed by atoms with E-state index in [2.05, 4.69) is 10.3 Å². The van der Waals surface area contributed by atoms with Crippen LogP contribution in [0.3, 0.4) is 0 Å². The highest BCUT2D eigenvalue weighted by atomic mass is 32.1. The topological polar surface area (TPSA) is 47.3 Å². The molecule has 108 valence electrons. The lowest BCUT2D eigenvalue weighted by atomic mass is 10.2. The third-order valence-electron chi connectivity index (χ3n) is 3.08. The molecule has 3 rings (SSSR count). The summed E-state index contributed by atoms with van der Waals surface area (Å²) < 4.78 is 10.7. The van der Waals surface area contributed by atoms with Crippen LogP contribution in [0.5, 0.6) is 5.75 Å². The van der Waals surface area contributed by atoms with E-state index in [0.29, 0.717) is 6.54 Å². The van der Waals surface area contributed by atoms with Crippen LogP contribution in [0, 0.1) is 0 Å². The van der Waals surface area contributed by atoms with Crippen molar-refractivity contribution in [3.8, 4) is 16.2 Å². The molecule has 0 spiro atoms. The Morgan fingerprint density at radius 2 is 2.10 bits per heavy atom. The van der Waals surface area contributed by atoms with Gasteiger partial charge in [-0.05, 0) is 24.3 Å². The monoisotopic (exact) mass is 300 g/mol. The molecule has 2 heterocycles. The number of methoxy groups -OCH3 is 1. The first-order valence-electron chi connectivity index (χ1n) is 6.68. The zero-order chi connectivity index (χ0) is 14.5. The number of hydrogen-bond acceptors (Lipinski definition) is 5. The molecule has 4 nitrogen and oxygen atoms in total. The van der Waals surface area contributed by atoms with Crippen LogP contribution in [0.1, 0.15) is 10.8 Å². The van der Waals surface area contributed by atoms with Crippen LogP contribution in [-0.2, 0) is 13.1 Å². The molecule has 2 aromatic heterocycles. The van der Waals surface area contributed by atoms with Gasteiger partial charge >= 0.3 is 0 Å². The minimum atomic E-state index is 0.705. The summed E-state index contributed by atoms with van der Waals surface area (Å²) in [5, 5.41) is 4.36. The van der Waals surface area contributed by atoms with E-state index in [0.717, 1.165) is 33.5 Å². The number of para-hydroxylation sites is 1. The number of nitrogens with one attached hydrogen (secondary N) is 1. The van der Waals surface area contributed by atoms with Crippen molar-refractivity contribution in [3.63, 3.8) is 0 Å². The smallest absolute Gasteiger partial charge is 0.127 e. The minimum Gasteiger partial charge on any atom is -0.496 e. The number of furan rings is 1. The standard InChI is InChI=1S/C16H16N2O2S/c1-19-14-7-3-2-6-13(14)15-10-18-16(21-15)11-17-9-12-5-4-8-20-12/h2-8,10,17H,9,11H2,1H3. The molecule has 1 aromatic carbocycles. The van der Waals surface area contributed by atoms with Crippen molar-refractivity contribution in [3.05, 3.63) is 59.6 Å². The fourth-order valence-corrected chi connectivity index (χ4v) is 2.99. The van der Waals surface area contributed by atoms with Gasteiger partial charge in [0.1, 0.15) is 16.5 Å². The van der Waals surface area contributed by atoms with Crippen molar-refractivity contribution < 1.29 is 9.15 Å². The molecule has 0 amide bonds. The second-order valence-corrected chi connectivity index (χ2v) is 5.62. The zero-order valence-corrected chi connectivity index (χ0v) is 12.5. The van der Waals surface area contributed by atoms with Crippen LogP contribution >= 0.6 is 11.3 Å². The van der Waals surface area contributed by atoms with Crippen molar-refractivity contribution in [1.29, 1.82) is 0 Å². The third kappa shape index (κ3) is 3.32. The summed E-state index contributed by atoms with van der Waals surface area (Å²) in [5.74, 6) is 1.80. The molecule has 1 N–H and O–H groups in total. The lowest BCUT2D eigenvalue weighted by molar-refractivity contribution is 0.416. The van der Waals surface area contributed by atoms with Crippen molar-refractivity contribution in [1.82, 2.24) is 10.3 Å². The molecule has 0 fully saturated rings. The average molecular weight is 300 g/mol. The fourth-order valence-electron chi connectivity index (χ4n) is 2.07. The Balaban J connectivity index is 1.66. The van der Waals surface area contributed by atoms with Crippen LogP contribution in [0.2, 0.25) is 0 Å². The normalized spacial score (nSPS) is 10.7. The second kappa shape index (κ2) is 6.56. The van der Waals surface area contributed by atoms with E-state index >= 15 is 0 Å². The zero-order valence-electron chi connectivity index (χ0n) is 11.7. The highest BCUT2D eigenvalue weighted by molar-refractivity contribution is 7.15. The SMILES string of the molecule is COc1ccccc1-c1cnc(CNCc2ccco2)s1. The van der Waals surface area contributed by atoms with E-state index in [9.17, 15) is 0 Å². The maximum Gasteiger partial charge on any atom is 0.127 e. The first kappa shape index (κ1) is 13.9. The van der Waals surface area contributed by atoms with E-state index in [1.165, 1.54) is 0 Å². The molecule has 0 radical (unpaired) electrons. The highest BCUT2D eigenvalue weighted by Gasteiger charge is 2.09. The number of thiazole rings is 1. The van der Waals surface area contributed by atoms with E-state index in [1.807, 2.05) is 42.6 Å². The summed E-state index contributed by atoms with van der Waals surface area (Å²) >= 11 is 1.67. The van der Waals surface area contributed by atoms with Crippen LogP contribution in [0.15, 0.2) is 53.3 Å². The van der Waals surface area contributed by atoms with Gasteiger partial charge in [0.2, 0.25) is 0 Å². The first-order valence-corrected chi connectivity index (χ1v) is 7.49. The molecular weight excluding hydrogens is 284 g/mol. The van der Waals surface area contributed by atoms with E-state index in [1.54, 1.807) is 24.7 Å². The Bertz CT molecular complexity index is 692. The average Bonchev–Trinajstić information content (AvgIpc) is 3.19. The van der Waals surface area contributed by atoms with Crippen LogP contribution in [0.25, 0.3) is 10.4 Å². The number of rotatable bonds is 6. The van der Waals surface area contributed by atoms with Crippen molar-refractivity contribution in [2.45, 2.75) is 13.1 Å². The molecule has 0 bridgehead atoms. The largest absolute Gasteiger partial charge is 0.496 e. The number of hydrogen-bond donors (Lipinski definition) is 1. The quantitative estimate of drug-likeness (QED) is 0.754. The van der Waals surface area contributed by atoms with Gasteiger partial charge in [-0.3, -0.25) is 0 Å². The first-order chi connectivity index (χ1) is 10.4. The second-order valence-electron chi connectivity index (χ2n) is 4.50. The van der Waals surface area contributed by atoms with E-state index in [-0.39, 0.29) is 0 Å². The summed E-state index contributed by atoms with van der Waals surface area (Å²) in [7, 11) is 1.69. The van der Waals surface area contributed by atoms with Gasteiger partial charge in [0.15, 0.2) is 0 Å². The van der Waals surface area contributed by atoms with Crippen molar-refractivity contribution in [2.75, 3.05) is 7.11 Å². The summed E-state index contributed by atoms with van der Waals surface area (Å²) in [6.45, 7) is 1.43. The molecule has 5 heteroatoms. The predicted octanol–water partition coefficient (Wildman–Crippen LogP) is 3.70.